The molecule has 1 spiro atoms. The summed E-state index contributed by atoms with van der Waals surface area (Å²) in [5, 5.41) is 9.28. The molecule has 2 aliphatic heterocycles. The van der Waals surface area contributed by atoms with Gasteiger partial charge < -0.3 is 10.1 Å². The SMILES string of the molecule is CC(C)n1ncc2cc(OCCN3CCC4(CC3)C(=O)Nc3ccc(Cl)cc34)ccc21. The van der Waals surface area contributed by atoms with Crippen molar-refractivity contribution in [3.8, 4) is 5.75 Å². The number of benzene rings is 2. The number of hydrogen-bond donors (Lipinski definition) is 1. The Kier molecular flexibility index (Phi) is 5.15. The molecule has 0 bridgehead atoms. The third-order valence-corrected chi connectivity index (χ3v) is 6.86. The van der Waals surface area contributed by atoms with Crippen LogP contribution in [0.2, 0.25) is 5.02 Å². The predicted molar refractivity (Wildman–Crippen MR) is 123 cm³/mol. The van der Waals surface area contributed by atoms with E-state index >= 15 is 0 Å². The van der Waals surface area contributed by atoms with E-state index in [-0.39, 0.29) is 5.91 Å². The molecule has 1 N–H and O–H groups in total. The minimum atomic E-state index is -0.445. The van der Waals surface area contributed by atoms with Crippen molar-refractivity contribution in [3.05, 3.63) is 53.2 Å². The van der Waals surface area contributed by atoms with Gasteiger partial charge >= 0.3 is 0 Å². The van der Waals surface area contributed by atoms with E-state index in [0.717, 1.165) is 60.4 Å². The molecule has 3 aromatic rings. The summed E-state index contributed by atoms with van der Waals surface area (Å²) >= 11 is 6.21. The maximum atomic E-state index is 12.8. The summed E-state index contributed by atoms with van der Waals surface area (Å²) in [6.45, 7) is 7.44. The van der Waals surface area contributed by atoms with Crippen molar-refractivity contribution in [1.82, 2.24) is 14.7 Å². The molecule has 1 saturated heterocycles. The Hall–Kier alpha value is -2.57. The first kappa shape index (κ1) is 20.3. The van der Waals surface area contributed by atoms with Crippen molar-refractivity contribution < 1.29 is 9.53 Å². The number of aromatic nitrogens is 2. The summed E-state index contributed by atoms with van der Waals surface area (Å²) in [5.41, 5.74) is 2.64. The number of piperidine rings is 1. The molecule has 0 unspecified atom stereocenters. The van der Waals surface area contributed by atoms with Gasteiger partial charge in [0.15, 0.2) is 0 Å². The molecule has 0 radical (unpaired) electrons. The summed E-state index contributed by atoms with van der Waals surface area (Å²) in [4.78, 5) is 15.1. The molecule has 2 aromatic carbocycles. The highest BCUT2D eigenvalue weighted by Gasteiger charge is 2.48. The molecule has 0 saturated carbocycles. The highest BCUT2D eigenvalue weighted by Crippen LogP contribution is 2.45. The van der Waals surface area contributed by atoms with E-state index in [4.69, 9.17) is 16.3 Å². The number of hydrogen-bond acceptors (Lipinski definition) is 4. The van der Waals surface area contributed by atoms with Crippen LogP contribution in [0.5, 0.6) is 5.75 Å². The van der Waals surface area contributed by atoms with Crippen LogP contribution < -0.4 is 10.1 Å². The average Bonchev–Trinajstić information content (AvgIpc) is 3.29. The third kappa shape index (κ3) is 3.58. The van der Waals surface area contributed by atoms with Gasteiger partial charge in [0, 0.05) is 28.7 Å². The van der Waals surface area contributed by atoms with Gasteiger partial charge in [-0.15, -0.1) is 0 Å². The normalized spacial score (nSPS) is 18.0. The second kappa shape index (κ2) is 7.84. The maximum Gasteiger partial charge on any atom is 0.235 e. The van der Waals surface area contributed by atoms with Crippen LogP contribution in [-0.2, 0) is 10.2 Å². The average molecular weight is 439 g/mol. The Morgan fingerprint density at radius 2 is 2.00 bits per heavy atom. The number of nitrogens with zero attached hydrogens (tertiary/aromatic N) is 3. The number of halogens is 1. The topological polar surface area (TPSA) is 59.4 Å². The molecule has 1 fully saturated rings. The van der Waals surface area contributed by atoms with Crippen LogP contribution in [0.1, 0.15) is 38.3 Å². The number of nitrogens with one attached hydrogen (secondary N) is 1. The zero-order chi connectivity index (χ0) is 21.6. The van der Waals surface area contributed by atoms with Gasteiger partial charge in [0.05, 0.1) is 17.1 Å². The lowest BCUT2D eigenvalue weighted by Crippen LogP contribution is -2.47. The number of ether oxygens (including phenoxy) is 1. The molecule has 0 aliphatic carbocycles. The van der Waals surface area contributed by atoms with Gasteiger partial charge in [-0.1, -0.05) is 11.6 Å². The van der Waals surface area contributed by atoms with Crippen molar-refractivity contribution in [3.63, 3.8) is 0 Å². The Morgan fingerprint density at radius 1 is 1.19 bits per heavy atom. The molecule has 6 nitrogen and oxygen atoms in total. The van der Waals surface area contributed by atoms with Crippen LogP contribution in [0.3, 0.4) is 0 Å². The Bertz CT molecular complexity index is 1130. The fourth-order valence-corrected chi connectivity index (χ4v) is 5.04. The predicted octanol–water partition coefficient (Wildman–Crippen LogP) is 4.64. The van der Waals surface area contributed by atoms with Crippen LogP contribution in [0, 0.1) is 0 Å². The standard InChI is InChI=1S/C24H27ClN4O2/c1-16(2)29-22-6-4-19(13-17(22)15-26-29)31-12-11-28-9-7-24(8-10-28)20-14-18(25)3-5-21(20)27-23(24)30/h3-6,13-16H,7-12H2,1-2H3,(H,27,30). The lowest BCUT2D eigenvalue weighted by molar-refractivity contribution is -0.122. The van der Waals surface area contributed by atoms with E-state index in [1.807, 2.05) is 35.1 Å². The quantitative estimate of drug-likeness (QED) is 0.630. The number of amides is 1. The van der Waals surface area contributed by atoms with Gasteiger partial charge in [0.1, 0.15) is 12.4 Å². The van der Waals surface area contributed by atoms with E-state index in [0.29, 0.717) is 17.7 Å². The number of rotatable bonds is 5. The summed E-state index contributed by atoms with van der Waals surface area (Å²) < 4.78 is 8.04. The summed E-state index contributed by atoms with van der Waals surface area (Å²) in [6, 6.07) is 12.2. The molecule has 1 amide bonds. The van der Waals surface area contributed by atoms with E-state index in [1.54, 1.807) is 0 Å². The molecular weight excluding hydrogens is 412 g/mol. The molecule has 2 aliphatic rings. The third-order valence-electron chi connectivity index (χ3n) is 6.62. The first-order valence-corrected chi connectivity index (χ1v) is 11.3. The highest BCUT2D eigenvalue weighted by molar-refractivity contribution is 6.31. The van der Waals surface area contributed by atoms with Crippen molar-refractivity contribution >= 4 is 34.1 Å². The minimum Gasteiger partial charge on any atom is -0.492 e. The number of carbonyl (C=O) groups excluding carboxylic acids is 1. The van der Waals surface area contributed by atoms with E-state index < -0.39 is 5.41 Å². The minimum absolute atomic E-state index is 0.107. The van der Waals surface area contributed by atoms with Crippen LogP contribution in [0.15, 0.2) is 42.6 Å². The van der Waals surface area contributed by atoms with E-state index in [1.165, 1.54) is 0 Å². The number of fused-ring (bicyclic) bond motifs is 3. The van der Waals surface area contributed by atoms with Gasteiger partial charge in [0.2, 0.25) is 5.91 Å². The summed E-state index contributed by atoms with van der Waals surface area (Å²) in [7, 11) is 0. The Labute approximate surface area is 187 Å². The monoisotopic (exact) mass is 438 g/mol. The van der Waals surface area contributed by atoms with Gasteiger partial charge in [0.25, 0.3) is 0 Å². The lowest BCUT2D eigenvalue weighted by atomic mass is 9.73. The molecule has 31 heavy (non-hydrogen) atoms. The largest absolute Gasteiger partial charge is 0.492 e. The smallest absolute Gasteiger partial charge is 0.235 e. The molecule has 7 heteroatoms. The van der Waals surface area contributed by atoms with Gasteiger partial charge in [-0.25, -0.2) is 0 Å². The molecular formula is C24H27ClN4O2. The van der Waals surface area contributed by atoms with Gasteiger partial charge in [-0.05, 0) is 81.7 Å². The molecule has 3 heterocycles. The first-order chi connectivity index (χ1) is 15.0. The Morgan fingerprint density at radius 3 is 2.77 bits per heavy atom. The number of carbonyl (C=O) groups is 1. The van der Waals surface area contributed by atoms with Crippen molar-refractivity contribution in [2.75, 3.05) is 31.6 Å². The van der Waals surface area contributed by atoms with Crippen molar-refractivity contribution in [1.29, 1.82) is 0 Å². The lowest BCUT2D eigenvalue weighted by Gasteiger charge is -2.37. The first-order valence-electron chi connectivity index (χ1n) is 10.9. The summed E-state index contributed by atoms with van der Waals surface area (Å²) in [6.07, 6.45) is 3.49. The molecule has 5 rings (SSSR count). The highest BCUT2D eigenvalue weighted by atomic mass is 35.5. The fraction of sp³-hybridized carbons (Fsp3) is 0.417. The maximum absolute atomic E-state index is 12.8. The van der Waals surface area contributed by atoms with Crippen LogP contribution in [0.4, 0.5) is 5.69 Å². The van der Waals surface area contributed by atoms with Gasteiger partial charge in [-0.2, -0.15) is 5.10 Å². The van der Waals surface area contributed by atoms with E-state index in [2.05, 4.69) is 41.3 Å². The second-order valence-electron chi connectivity index (χ2n) is 8.82. The van der Waals surface area contributed by atoms with Crippen molar-refractivity contribution in [2.24, 2.45) is 0 Å². The zero-order valence-electron chi connectivity index (χ0n) is 17.9. The fourth-order valence-electron chi connectivity index (χ4n) is 4.87. The zero-order valence-corrected chi connectivity index (χ0v) is 18.7. The number of anilines is 1. The van der Waals surface area contributed by atoms with Crippen molar-refractivity contribution in [2.45, 2.75) is 38.1 Å². The Balaban J connectivity index is 1.18. The van der Waals surface area contributed by atoms with E-state index in [9.17, 15) is 4.79 Å². The molecule has 0 atom stereocenters. The summed E-state index contributed by atoms with van der Waals surface area (Å²) in [5.74, 6) is 0.971. The van der Waals surface area contributed by atoms with Crippen LogP contribution >= 0.6 is 11.6 Å². The number of likely N-dealkylation sites (tertiary alicyclic amines) is 1. The molecule has 1 aromatic heterocycles. The second-order valence-corrected chi connectivity index (χ2v) is 9.26. The van der Waals surface area contributed by atoms with Crippen LogP contribution in [0.25, 0.3) is 10.9 Å². The molecule has 162 valence electrons. The van der Waals surface area contributed by atoms with Gasteiger partial charge in [-0.3, -0.25) is 14.4 Å². The van der Waals surface area contributed by atoms with Crippen LogP contribution in [-0.4, -0.2) is 46.8 Å².